The molecule has 0 unspecified atom stereocenters. The minimum atomic E-state index is -1.03. The van der Waals surface area contributed by atoms with Gasteiger partial charge in [0.2, 0.25) is 0 Å². The molecule has 2 aromatic carbocycles. The summed E-state index contributed by atoms with van der Waals surface area (Å²) in [6.07, 6.45) is 0. The molecule has 0 atom stereocenters. The lowest BCUT2D eigenvalue weighted by molar-refractivity contribution is -0.139. The van der Waals surface area contributed by atoms with Crippen molar-refractivity contribution >= 4 is 16.9 Å². The van der Waals surface area contributed by atoms with E-state index in [0.29, 0.717) is 11.3 Å². The molecule has 3 aromatic rings. The summed E-state index contributed by atoms with van der Waals surface area (Å²) in [5, 5.41) is 9.35. The number of aryl methyl sites for hydroxylation is 1. The van der Waals surface area contributed by atoms with Crippen molar-refractivity contribution < 1.29 is 23.8 Å². The zero-order chi connectivity index (χ0) is 18.0. The highest BCUT2D eigenvalue weighted by Crippen LogP contribution is 2.29. The number of carboxylic acids is 1. The Morgan fingerprint density at radius 2 is 1.92 bits per heavy atom. The Morgan fingerprint density at radius 3 is 2.56 bits per heavy atom. The highest BCUT2D eigenvalue weighted by Gasteiger charge is 2.10. The van der Waals surface area contributed by atoms with Gasteiger partial charge in [0, 0.05) is 17.0 Å². The van der Waals surface area contributed by atoms with Crippen molar-refractivity contribution in [1.29, 1.82) is 0 Å². The Hall–Kier alpha value is -3.15. The van der Waals surface area contributed by atoms with E-state index in [0.717, 1.165) is 22.2 Å². The molecule has 0 aliphatic heterocycles. The van der Waals surface area contributed by atoms with Crippen LogP contribution in [0.2, 0.25) is 0 Å². The largest absolute Gasteiger partial charge is 0.494 e. The van der Waals surface area contributed by atoms with E-state index in [4.69, 9.17) is 14.6 Å². The predicted octanol–water partition coefficient (Wildman–Crippen LogP) is 3.82. The monoisotopic (exact) mass is 341 g/mol. The van der Waals surface area contributed by atoms with Crippen LogP contribution in [0.4, 0.5) is 4.39 Å². The van der Waals surface area contributed by atoms with Gasteiger partial charge in [-0.05, 0) is 48.9 Å². The number of fused-ring (bicyclic) bond motifs is 1. The lowest BCUT2D eigenvalue weighted by Crippen LogP contribution is -2.09. The van der Waals surface area contributed by atoms with Crippen LogP contribution in [-0.2, 0) is 4.79 Å². The third kappa shape index (κ3) is 3.52. The Kier molecular flexibility index (Phi) is 4.52. The standard InChI is InChI=1S/C19H16FNO4/c1-11-7-16(12-3-5-13(6-4-12)25-10-19(22)23)21-17-9-18(24-2)15(20)8-14(11)17/h3-9H,10H2,1-2H3,(H,22,23). The summed E-state index contributed by atoms with van der Waals surface area (Å²) in [5.74, 6) is -0.842. The smallest absolute Gasteiger partial charge is 0.341 e. The number of aliphatic carboxylic acids is 1. The number of methoxy groups -OCH3 is 1. The zero-order valence-corrected chi connectivity index (χ0v) is 13.7. The molecule has 0 aliphatic rings. The van der Waals surface area contributed by atoms with Crippen molar-refractivity contribution in [1.82, 2.24) is 4.98 Å². The topological polar surface area (TPSA) is 68.7 Å². The summed E-state index contributed by atoms with van der Waals surface area (Å²) in [4.78, 5) is 15.1. The van der Waals surface area contributed by atoms with Gasteiger partial charge >= 0.3 is 5.97 Å². The molecular formula is C19H16FNO4. The van der Waals surface area contributed by atoms with Gasteiger partial charge in [-0.1, -0.05) is 0 Å². The number of hydrogen-bond donors (Lipinski definition) is 1. The first-order chi connectivity index (χ1) is 12.0. The van der Waals surface area contributed by atoms with Crippen molar-refractivity contribution in [2.45, 2.75) is 6.92 Å². The first-order valence-corrected chi connectivity index (χ1v) is 7.58. The summed E-state index contributed by atoms with van der Waals surface area (Å²) in [6.45, 7) is 1.50. The first-order valence-electron chi connectivity index (χ1n) is 7.58. The number of ether oxygens (including phenoxy) is 2. The maximum atomic E-state index is 13.9. The van der Waals surface area contributed by atoms with Crippen LogP contribution in [0.15, 0.2) is 42.5 Å². The van der Waals surface area contributed by atoms with Gasteiger partial charge in [-0.2, -0.15) is 0 Å². The molecule has 0 radical (unpaired) electrons. The highest BCUT2D eigenvalue weighted by molar-refractivity contribution is 5.86. The number of carbonyl (C=O) groups is 1. The molecule has 25 heavy (non-hydrogen) atoms. The minimum Gasteiger partial charge on any atom is -0.494 e. The number of nitrogens with zero attached hydrogens (tertiary/aromatic N) is 1. The van der Waals surface area contributed by atoms with Crippen LogP contribution < -0.4 is 9.47 Å². The zero-order valence-electron chi connectivity index (χ0n) is 13.7. The molecule has 0 saturated heterocycles. The van der Waals surface area contributed by atoms with Crippen LogP contribution >= 0.6 is 0 Å². The fourth-order valence-electron chi connectivity index (χ4n) is 2.57. The van der Waals surface area contributed by atoms with E-state index >= 15 is 0 Å². The first kappa shape index (κ1) is 16.7. The van der Waals surface area contributed by atoms with E-state index < -0.39 is 18.4 Å². The molecule has 0 aliphatic carbocycles. The summed E-state index contributed by atoms with van der Waals surface area (Å²) < 4.78 is 24.0. The van der Waals surface area contributed by atoms with Gasteiger partial charge in [0.25, 0.3) is 0 Å². The number of halogens is 1. The van der Waals surface area contributed by atoms with Gasteiger partial charge in [-0.25, -0.2) is 14.2 Å². The maximum absolute atomic E-state index is 13.9. The second-order valence-corrected chi connectivity index (χ2v) is 5.54. The Morgan fingerprint density at radius 1 is 1.20 bits per heavy atom. The molecule has 5 nitrogen and oxygen atoms in total. The number of aromatic nitrogens is 1. The molecule has 0 bridgehead atoms. The predicted molar refractivity (Wildman–Crippen MR) is 91.6 cm³/mol. The summed E-state index contributed by atoms with van der Waals surface area (Å²) >= 11 is 0. The highest BCUT2D eigenvalue weighted by atomic mass is 19.1. The molecule has 1 heterocycles. The molecule has 6 heteroatoms. The van der Waals surface area contributed by atoms with Gasteiger partial charge in [0.15, 0.2) is 18.2 Å². The number of pyridine rings is 1. The molecule has 1 N–H and O–H groups in total. The third-order valence-electron chi connectivity index (χ3n) is 3.80. The lowest BCUT2D eigenvalue weighted by atomic mass is 10.0. The van der Waals surface area contributed by atoms with Crippen molar-refractivity contribution in [2.24, 2.45) is 0 Å². The van der Waals surface area contributed by atoms with Crippen LogP contribution in [0.25, 0.3) is 22.2 Å². The summed E-state index contributed by atoms with van der Waals surface area (Å²) in [7, 11) is 1.41. The SMILES string of the molecule is COc1cc2nc(-c3ccc(OCC(=O)O)cc3)cc(C)c2cc1F. The van der Waals surface area contributed by atoms with E-state index in [-0.39, 0.29) is 5.75 Å². The van der Waals surface area contributed by atoms with Crippen molar-refractivity contribution in [3.05, 3.63) is 53.8 Å². The maximum Gasteiger partial charge on any atom is 0.341 e. The fourth-order valence-corrected chi connectivity index (χ4v) is 2.57. The molecule has 0 spiro atoms. The average molecular weight is 341 g/mol. The molecule has 0 saturated carbocycles. The fraction of sp³-hybridized carbons (Fsp3) is 0.158. The van der Waals surface area contributed by atoms with Crippen molar-refractivity contribution in [2.75, 3.05) is 13.7 Å². The van der Waals surface area contributed by atoms with Crippen LogP contribution in [0.3, 0.4) is 0 Å². The average Bonchev–Trinajstić information content (AvgIpc) is 2.60. The molecule has 3 rings (SSSR count). The molecule has 128 valence electrons. The van der Waals surface area contributed by atoms with E-state index in [1.54, 1.807) is 30.3 Å². The van der Waals surface area contributed by atoms with E-state index in [2.05, 4.69) is 4.98 Å². The number of hydrogen-bond acceptors (Lipinski definition) is 4. The van der Waals surface area contributed by atoms with Gasteiger partial charge in [0.05, 0.1) is 18.3 Å². The van der Waals surface area contributed by atoms with Crippen molar-refractivity contribution in [3.8, 4) is 22.8 Å². The molecule has 0 amide bonds. The van der Waals surface area contributed by atoms with Crippen LogP contribution in [-0.4, -0.2) is 29.8 Å². The quantitative estimate of drug-likeness (QED) is 0.764. The normalized spacial score (nSPS) is 10.7. The Bertz CT molecular complexity index is 938. The molecular weight excluding hydrogens is 325 g/mol. The molecule has 1 aromatic heterocycles. The Balaban J connectivity index is 1.98. The van der Waals surface area contributed by atoms with E-state index in [1.165, 1.54) is 13.2 Å². The van der Waals surface area contributed by atoms with E-state index in [1.807, 2.05) is 13.0 Å². The number of rotatable bonds is 5. The van der Waals surface area contributed by atoms with Gasteiger partial charge in [-0.15, -0.1) is 0 Å². The second kappa shape index (κ2) is 6.76. The van der Waals surface area contributed by atoms with E-state index in [9.17, 15) is 9.18 Å². The number of carboxylic acid groups (broad SMARTS) is 1. The minimum absolute atomic E-state index is 0.147. The summed E-state index contributed by atoms with van der Waals surface area (Å²) in [6, 6.07) is 11.8. The van der Waals surface area contributed by atoms with Gasteiger partial charge in [-0.3, -0.25) is 0 Å². The van der Waals surface area contributed by atoms with Gasteiger partial charge < -0.3 is 14.6 Å². The lowest BCUT2D eigenvalue weighted by Gasteiger charge is -2.10. The van der Waals surface area contributed by atoms with Crippen LogP contribution in [0, 0.1) is 12.7 Å². The molecule has 0 fully saturated rings. The third-order valence-corrected chi connectivity index (χ3v) is 3.80. The second-order valence-electron chi connectivity index (χ2n) is 5.54. The summed E-state index contributed by atoms with van der Waals surface area (Å²) in [5.41, 5.74) is 3.10. The number of benzene rings is 2. The van der Waals surface area contributed by atoms with Crippen LogP contribution in [0.1, 0.15) is 5.56 Å². The van der Waals surface area contributed by atoms with Crippen molar-refractivity contribution in [3.63, 3.8) is 0 Å². The van der Waals surface area contributed by atoms with Gasteiger partial charge in [0.1, 0.15) is 5.75 Å². The Labute approximate surface area is 143 Å². The van der Waals surface area contributed by atoms with Crippen LogP contribution in [0.5, 0.6) is 11.5 Å².